The van der Waals surface area contributed by atoms with Crippen molar-refractivity contribution in [3.8, 4) is 11.5 Å². The molecule has 2 aromatic rings. The number of rotatable bonds is 7. The van der Waals surface area contributed by atoms with Gasteiger partial charge in [-0.3, -0.25) is 4.79 Å². The average Bonchev–Trinajstić information content (AvgIpc) is 2.55. The van der Waals surface area contributed by atoms with Crippen molar-refractivity contribution in [1.82, 2.24) is 0 Å². The van der Waals surface area contributed by atoms with Crippen LogP contribution in [0.4, 0.5) is 11.4 Å². The van der Waals surface area contributed by atoms with E-state index in [1.807, 2.05) is 26.0 Å². The molecule has 0 aliphatic carbocycles. The molecule has 23 heavy (non-hydrogen) atoms. The molecular weight excluding hydrogens is 292 g/mol. The molecule has 0 aromatic heterocycles. The van der Waals surface area contributed by atoms with Gasteiger partial charge in [0.1, 0.15) is 11.5 Å². The third kappa shape index (κ3) is 4.64. The summed E-state index contributed by atoms with van der Waals surface area (Å²) in [5, 5.41) is 2.83. The van der Waals surface area contributed by atoms with Gasteiger partial charge in [-0.25, -0.2) is 0 Å². The summed E-state index contributed by atoms with van der Waals surface area (Å²) in [5.41, 5.74) is 7.57. The smallest absolute Gasteiger partial charge is 0.255 e. The Morgan fingerprint density at radius 1 is 1.09 bits per heavy atom. The molecule has 3 N–H and O–H groups in total. The van der Waals surface area contributed by atoms with Gasteiger partial charge in [0.2, 0.25) is 0 Å². The molecule has 5 nitrogen and oxygen atoms in total. The highest BCUT2D eigenvalue weighted by atomic mass is 16.5. The summed E-state index contributed by atoms with van der Waals surface area (Å²) in [6.07, 6.45) is 0.902. The van der Waals surface area contributed by atoms with Gasteiger partial charge >= 0.3 is 0 Å². The maximum absolute atomic E-state index is 12.3. The Morgan fingerprint density at radius 3 is 2.43 bits per heavy atom. The van der Waals surface area contributed by atoms with E-state index in [2.05, 4.69) is 5.32 Å². The number of carbonyl (C=O) groups excluding carboxylic acids is 1. The summed E-state index contributed by atoms with van der Waals surface area (Å²) in [5.74, 6) is 1.15. The van der Waals surface area contributed by atoms with Crippen molar-refractivity contribution < 1.29 is 14.3 Å². The van der Waals surface area contributed by atoms with Gasteiger partial charge in [-0.1, -0.05) is 6.92 Å². The number of nitrogens with two attached hydrogens (primary N) is 1. The van der Waals surface area contributed by atoms with Crippen LogP contribution in [0.3, 0.4) is 0 Å². The van der Waals surface area contributed by atoms with Crippen LogP contribution in [-0.4, -0.2) is 19.1 Å². The number of benzene rings is 2. The lowest BCUT2D eigenvalue weighted by Crippen LogP contribution is -2.12. The lowest BCUT2D eigenvalue weighted by molar-refractivity contribution is 0.102. The van der Waals surface area contributed by atoms with E-state index in [9.17, 15) is 4.79 Å². The lowest BCUT2D eigenvalue weighted by Gasteiger charge is -2.10. The molecule has 0 unspecified atom stereocenters. The van der Waals surface area contributed by atoms with Crippen LogP contribution < -0.4 is 20.5 Å². The Balaban J connectivity index is 2.03. The van der Waals surface area contributed by atoms with Crippen LogP contribution in [-0.2, 0) is 0 Å². The SMILES string of the molecule is CCCOc1ccc(C(=O)Nc2ccc(OCC)cc2)cc1N. The standard InChI is InChI=1S/C18H22N2O3/c1-3-11-23-17-10-5-13(12-16(17)19)18(21)20-14-6-8-15(9-7-14)22-4-2/h5-10,12H,3-4,11,19H2,1-2H3,(H,20,21). The maximum atomic E-state index is 12.3. The Hall–Kier alpha value is -2.69. The van der Waals surface area contributed by atoms with Gasteiger partial charge < -0.3 is 20.5 Å². The molecule has 0 bridgehead atoms. The van der Waals surface area contributed by atoms with Gasteiger partial charge in [0.25, 0.3) is 5.91 Å². The number of hydrogen-bond acceptors (Lipinski definition) is 4. The summed E-state index contributed by atoms with van der Waals surface area (Å²) in [4.78, 5) is 12.3. The van der Waals surface area contributed by atoms with Crippen molar-refractivity contribution in [2.45, 2.75) is 20.3 Å². The van der Waals surface area contributed by atoms with E-state index in [0.717, 1.165) is 12.2 Å². The highest BCUT2D eigenvalue weighted by Crippen LogP contribution is 2.23. The first-order valence-corrected chi connectivity index (χ1v) is 7.70. The van der Waals surface area contributed by atoms with Crippen LogP contribution in [0.15, 0.2) is 42.5 Å². The van der Waals surface area contributed by atoms with Gasteiger partial charge in [-0.15, -0.1) is 0 Å². The van der Waals surface area contributed by atoms with E-state index in [0.29, 0.717) is 35.9 Å². The van der Waals surface area contributed by atoms with Crippen LogP contribution in [0.2, 0.25) is 0 Å². The third-order valence-corrected chi connectivity index (χ3v) is 3.16. The first-order chi connectivity index (χ1) is 11.1. The summed E-state index contributed by atoms with van der Waals surface area (Å²) >= 11 is 0. The molecule has 1 amide bonds. The fourth-order valence-corrected chi connectivity index (χ4v) is 2.04. The van der Waals surface area contributed by atoms with E-state index >= 15 is 0 Å². The fourth-order valence-electron chi connectivity index (χ4n) is 2.04. The predicted molar refractivity (Wildman–Crippen MR) is 92.2 cm³/mol. The van der Waals surface area contributed by atoms with Crippen molar-refractivity contribution in [1.29, 1.82) is 0 Å². The van der Waals surface area contributed by atoms with Crippen LogP contribution in [0, 0.1) is 0 Å². The lowest BCUT2D eigenvalue weighted by atomic mass is 10.1. The highest BCUT2D eigenvalue weighted by molar-refractivity contribution is 6.05. The first-order valence-electron chi connectivity index (χ1n) is 7.70. The normalized spacial score (nSPS) is 10.2. The van der Waals surface area contributed by atoms with Crippen molar-refractivity contribution in [3.63, 3.8) is 0 Å². The molecule has 122 valence electrons. The molecule has 2 aromatic carbocycles. The Morgan fingerprint density at radius 2 is 1.83 bits per heavy atom. The molecule has 0 atom stereocenters. The molecule has 0 saturated carbocycles. The second kappa shape index (κ2) is 8.08. The summed E-state index contributed by atoms with van der Waals surface area (Å²) in [7, 11) is 0. The third-order valence-electron chi connectivity index (χ3n) is 3.16. The topological polar surface area (TPSA) is 73.6 Å². The van der Waals surface area contributed by atoms with E-state index in [1.54, 1.807) is 30.3 Å². The number of hydrogen-bond donors (Lipinski definition) is 2. The van der Waals surface area contributed by atoms with E-state index in [1.165, 1.54) is 0 Å². The molecule has 0 fully saturated rings. The Bertz CT molecular complexity index is 654. The molecule has 0 radical (unpaired) electrons. The molecule has 2 rings (SSSR count). The first kappa shape index (κ1) is 16.7. The number of carbonyl (C=O) groups is 1. The van der Waals surface area contributed by atoms with Crippen LogP contribution >= 0.6 is 0 Å². The van der Waals surface area contributed by atoms with E-state index in [4.69, 9.17) is 15.2 Å². The second-order valence-electron chi connectivity index (χ2n) is 5.01. The molecule has 0 saturated heterocycles. The zero-order valence-corrected chi connectivity index (χ0v) is 13.5. The number of nitrogen functional groups attached to an aromatic ring is 1. The van der Waals surface area contributed by atoms with Crippen LogP contribution in [0.1, 0.15) is 30.6 Å². The van der Waals surface area contributed by atoms with Gasteiger partial charge in [0, 0.05) is 11.3 Å². The minimum atomic E-state index is -0.220. The van der Waals surface area contributed by atoms with Crippen molar-refractivity contribution in [2.75, 3.05) is 24.3 Å². The summed E-state index contributed by atoms with van der Waals surface area (Å²) < 4.78 is 10.9. The van der Waals surface area contributed by atoms with E-state index in [-0.39, 0.29) is 5.91 Å². The summed E-state index contributed by atoms with van der Waals surface area (Å²) in [6, 6.07) is 12.3. The highest BCUT2D eigenvalue weighted by Gasteiger charge is 2.09. The Kier molecular flexibility index (Phi) is 5.86. The Labute approximate surface area is 136 Å². The molecular formula is C18H22N2O3. The zero-order chi connectivity index (χ0) is 16.7. The van der Waals surface area contributed by atoms with E-state index < -0.39 is 0 Å². The largest absolute Gasteiger partial charge is 0.494 e. The van der Waals surface area contributed by atoms with Crippen molar-refractivity contribution in [2.24, 2.45) is 0 Å². The second-order valence-corrected chi connectivity index (χ2v) is 5.01. The van der Waals surface area contributed by atoms with Gasteiger partial charge in [0.15, 0.2) is 0 Å². The van der Waals surface area contributed by atoms with Crippen LogP contribution in [0.5, 0.6) is 11.5 Å². The zero-order valence-electron chi connectivity index (χ0n) is 13.5. The minimum absolute atomic E-state index is 0.220. The number of ether oxygens (including phenoxy) is 2. The molecule has 0 heterocycles. The molecule has 0 aliphatic rings. The maximum Gasteiger partial charge on any atom is 0.255 e. The number of nitrogens with one attached hydrogen (secondary N) is 1. The average molecular weight is 314 g/mol. The monoisotopic (exact) mass is 314 g/mol. The predicted octanol–water partition coefficient (Wildman–Crippen LogP) is 3.71. The molecule has 0 aliphatic heterocycles. The number of anilines is 2. The summed E-state index contributed by atoms with van der Waals surface area (Å²) in [6.45, 7) is 5.15. The molecule has 5 heteroatoms. The number of amides is 1. The van der Waals surface area contributed by atoms with Gasteiger partial charge in [-0.2, -0.15) is 0 Å². The fraction of sp³-hybridized carbons (Fsp3) is 0.278. The van der Waals surface area contributed by atoms with Crippen LogP contribution in [0.25, 0.3) is 0 Å². The van der Waals surface area contributed by atoms with Crippen molar-refractivity contribution in [3.05, 3.63) is 48.0 Å². The van der Waals surface area contributed by atoms with Gasteiger partial charge in [-0.05, 0) is 55.8 Å². The molecule has 0 spiro atoms. The quantitative estimate of drug-likeness (QED) is 0.764. The van der Waals surface area contributed by atoms with Gasteiger partial charge in [0.05, 0.1) is 18.9 Å². The van der Waals surface area contributed by atoms with Crippen molar-refractivity contribution >= 4 is 17.3 Å². The minimum Gasteiger partial charge on any atom is -0.494 e.